The van der Waals surface area contributed by atoms with E-state index in [2.05, 4.69) is 4.98 Å². The molecule has 0 bridgehead atoms. The Balaban J connectivity index is 2.28. The summed E-state index contributed by atoms with van der Waals surface area (Å²) in [6, 6.07) is 9.81. The van der Waals surface area contributed by atoms with Crippen molar-refractivity contribution < 1.29 is 13.9 Å². The Morgan fingerprint density at radius 2 is 2.11 bits per heavy atom. The van der Waals surface area contributed by atoms with Crippen molar-refractivity contribution in [2.24, 2.45) is 0 Å². The van der Waals surface area contributed by atoms with Crippen molar-refractivity contribution in [1.82, 2.24) is 4.98 Å². The third kappa shape index (κ3) is 3.38. The van der Waals surface area contributed by atoms with E-state index in [0.29, 0.717) is 24.0 Å². The van der Waals surface area contributed by atoms with Crippen LogP contribution in [0.5, 0.6) is 0 Å². The third-order valence-corrected chi connectivity index (χ3v) is 3.05. The average molecular weight is 277 g/mol. The number of hydrogen-bond donors (Lipinski definition) is 0. The van der Waals surface area contributed by atoms with E-state index >= 15 is 0 Å². The molecule has 5 heteroatoms. The van der Waals surface area contributed by atoms with Gasteiger partial charge >= 0.3 is 5.97 Å². The highest BCUT2D eigenvalue weighted by atomic mass is 32.2. The summed E-state index contributed by atoms with van der Waals surface area (Å²) in [6.07, 6.45) is 2.38. The van der Waals surface area contributed by atoms with E-state index < -0.39 is 5.97 Å². The Kier molecular flexibility index (Phi) is 4.63. The fourth-order valence-electron chi connectivity index (χ4n) is 1.68. The molecular formula is C14H15NO3S. The van der Waals surface area contributed by atoms with Gasteiger partial charge in [-0.25, -0.2) is 4.79 Å². The van der Waals surface area contributed by atoms with Crippen molar-refractivity contribution in [3.05, 3.63) is 47.3 Å². The molecule has 0 spiro atoms. The Bertz CT molecular complexity index is 551. The topological polar surface area (TPSA) is 52.3 Å². The van der Waals surface area contributed by atoms with Crippen LogP contribution in [0.4, 0.5) is 0 Å². The van der Waals surface area contributed by atoms with E-state index in [1.807, 2.05) is 36.6 Å². The van der Waals surface area contributed by atoms with Gasteiger partial charge in [-0.3, -0.25) is 0 Å². The van der Waals surface area contributed by atoms with Gasteiger partial charge in [0.25, 0.3) is 5.22 Å². The smallest absolute Gasteiger partial charge is 0.360 e. The largest absolute Gasteiger partial charge is 0.461 e. The fourth-order valence-corrected chi connectivity index (χ4v) is 2.04. The van der Waals surface area contributed by atoms with Crippen molar-refractivity contribution in [1.29, 1.82) is 0 Å². The molecule has 0 N–H and O–H groups in total. The van der Waals surface area contributed by atoms with Crippen LogP contribution in [0, 0.1) is 0 Å². The maximum absolute atomic E-state index is 11.8. The van der Waals surface area contributed by atoms with Gasteiger partial charge in [-0.2, -0.15) is 4.98 Å². The molecule has 0 atom stereocenters. The highest BCUT2D eigenvalue weighted by Crippen LogP contribution is 2.22. The highest BCUT2D eigenvalue weighted by molar-refractivity contribution is 7.98. The molecule has 0 radical (unpaired) electrons. The maximum Gasteiger partial charge on any atom is 0.360 e. The Morgan fingerprint density at radius 3 is 2.74 bits per heavy atom. The van der Waals surface area contributed by atoms with Gasteiger partial charge in [-0.05, 0) is 18.7 Å². The second kappa shape index (κ2) is 6.43. The lowest BCUT2D eigenvalue weighted by molar-refractivity contribution is 0.0518. The Labute approximate surface area is 116 Å². The van der Waals surface area contributed by atoms with Gasteiger partial charge in [0, 0.05) is 6.42 Å². The molecule has 0 aliphatic rings. The zero-order valence-electron chi connectivity index (χ0n) is 10.9. The first-order chi connectivity index (χ1) is 9.24. The monoisotopic (exact) mass is 277 g/mol. The van der Waals surface area contributed by atoms with Crippen LogP contribution in [0.2, 0.25) is 0 Å². The van der Waals surface area contributed by atoms with Gasteiger partial charge in [-0.15, -0.1) is 0 Å². The summed E-state index contributed by atoms with van der Waals surface area (Å²) in [5.74, 6) is 0.117. The lowest BCUT2D eigenvalue weighted by Gasteiger charge is -2.01. The number of hydrogen-bond acceptors (Lipinski definition) is 5. The fraction of sp³-hybridized carbons (Fsp3) is 0.286. The molecule has 0 aliphatic heterocycles. The van der Waals surface area contributed by atoms with Gasteiger partial charge in [0.1, 0.15) is 5.76 Å². The minimum absolute atomic E-state index is 0.273. The second-order valence-corrected chi connectivity index (χ2v) is 4.60. The molecule has 19 heavy (non-hydrogen) atoms. The summed E-state index contributed by atoms with van der Waals surface area (Å²) in [6.45, 7) is 2.09. The van der Waals surface area contributed by atoms with Crippen molar-refractivity contribution in [3.8, 4) is 0 Å². The Morgan fingerprint density at radius 1 is 1.37 bits per heavy atom. The molecule has 1 heterocycles. The molecule has 2 rings (SSSR count). The average Bonchev–Trinajstić information content (AvgIpc) is 2.83. The molecule has 1 aromatic carbocycles. The molecule has 0 amide bonds. The van der Waals surface area contributed by atoms with E-state index in [1.54, 1.807) is 6.92 Å². The molecule has 0 saturated carbocycles. The van der Waals surface area contributed by atoms with Crippen LogP contribution in [0.15, 0.2) is 40.0 Å². The van der Waals surface area contributed by atoms with Crippen LogP contribution >= 0.6 is 11.8 Å². The minimum atomic E-state index is -0.433. The summed E-state index contributed by atoms with van der Waals surface area (Å²) in [7, 11) is 0. The van der Waals surface area contributed by atoms with E-state index in [9.17, 15) is 4.79 Å². The van der Waals surface area contributed by atoms with Crippen molar-refractivity contribution in [3.63, 3.8) is 0 Å². The van der Waals surface area contributed by atoms with Crippen molar-refractivity contribution in [2.45, 2.75) is 18.6 Å². The first kappa shape index (κ1) is 13.7. The van der Waals surface area contributed by atoms with Crippen LogP contribution < -0.4 is 0 Å². The minimum Gasteiger partial charge on any atom is -0.461 e. The molecule has 100 valence electrons. The first-order valence-electron chi connectivity index (χ1n) is 5.99. The maximum atomic E-state index is 11.8. The summed E-state index contributed by atoms with van der Waals surface area (Å²) in [5, 5.41) is 0.481. The first-order valence-corrected chi connectivity index (χ1v) is 7.21. The molecule has 0 unspecified atom stereocenters. The van der Waals surface area contributed by atoms with Crippen LogP contribution in [0.1, 0.15) is 28.7 Å². The molecule has 2 aromatic rings. The summed E-state index contributed by atoms with van der Waals surface area (Å²) in [4.78, 5) is 16.0. The number of oxazole rings is 1. The van der Waals surface area contributed by atoms with Gasteiger partial charge in [0.05, 0.1) is 6.61 Å². The highest BCUT2D eigenvalue weighted by Gasteiger charge is 2.21. The predicted molar refractivity (Wildman–Crippen MR) is 73.5 cm³/mol. The number of aromatic nitrogens is 1. The van der Waals surface area contributed by atoms with E-state index in [1.165, 1.54) is 11.8 Å². The Hall–Kier alpha value is -1.75. The molecule has 0 aliphatic carbocycles. The van der Waals surface area contributed by atoms with Crippen LogP contribution in [-0.2, 0) is 11.2 Å². The van der Waals surface area contributed by atoms with Crippen molar-refractivity contribution in [2.75, 3.05) is 12.9 Å². The van der Waals surface area contributed by atoms with Gasteiger partial charge in [0.2, 0.25) is 0 Å². The molecule has 0 saturated heterocycles. The molecule has 1 aromatic heterocycles. The summed E-state index contributed by atoms with van der Waals surface area (Å²) in [5.41, 5.74) is 1.34. The lowest BCUT2D eigenvalue weighted by Crippen LogP contribution is -2.08. The number of nitrogens with zero attached hydrogens (tertiary/aromatic N) is 1. The predicted octanol–water partition coefficient (Wildman–Crippen LogP) is 3.16. The quantitative estimate of drug-likeness (QED) is 0.620. The number of thioether (sulfide) groups is 1. The molecule has 4 nitrogen and oxygen atoms in total. The van der Waals surface area contributed by atoms with E-state index in [0.717, 1.165) is 5.56 Å². The number of rotatable bonds is 5. The normalized spacial score (nSPS) is 10.4. The van der Waals surface area contributed by atoms with Gasteiger partial charge in [-0.1, -0.05) is 42.1 Å². The van der Waals surface area contributed by atoms with E-state index in [4.69, 9.17) is 9.15 Å². The second-order valence-electron chi connectivity index (χ2n) is 3.84. The molecule has 0 fully saturated rings. The standard InChI is InChI=1S/C14H15NO3S/c1-3-17-13(16)12-11(18-14(15-12)19-2)9-10-7-5-4-6-8-10/h4-8H,3,9H2,1-2H3. The number of carbonyl (C=O) groups is 1. The van der Waals surface area contributed by atoms with Gasteiger partial charge < -0.3 is 9.15 Å². The zero-order chi connectivity index (χ0) is 13.7. The van der Waals surface area contributed by atoms with Crippen LogP contribution in [-0.4, -0.2) is 23.8 Å². The lowest BCUT2D eigenvalue weighted by atomic mass is 10.1. The summed E-state index contributed by atoms with van der Waals surface area (Å²) < 4.78 is 10.6. The molecular weight excluding hydrogens is 262 g/mol. The summed E-state index contributed by atoms with van der Waals surface area (Å²) >= 11 is 1.36. The number of esters is 1. The third-order valence-electron chi connectivity index (χ3n) is 2.53. The SMILES string of the molecule is CCOC(=O)c1nc(SC)oc1Cc1ccccc1. The number of benzene rings is 1. The number of ether oxygens (including phenoxy) is 1. The number of carbonyl (C=O) groups excluding carboxylic acids is 1. The zero-order valence-corrected chi connectivity index (χ0v) is 11.7. The van der Waals surface area contributed by atoms with E-state index in [-0.39, 0.29) is 5.69 Å². The van der Waals surface area contributed by atoms with Gasteiger partial charge in [0.15, 0.2) is 5.69 Å². The van der Waals surface area contributed by atoms with Crippen molar-refractivity contribution >= 4 is 17.7 Å². The van der Waals surface area contributed by atoms with Crippen LogP contribution in [0.3, 0.4) is 0 Å². The van der Waals surface area contributed by atoms with Crippen LogP contribution in [0.25, 0.3) is 0 Å².